The maximum atomic E-state index is 14.0. The predicted octanol–water partition coefficient (Wildman–Crippen LogP) is 3.53. The molecule has 2 rings (SSSR count). The van der Waals surface area contributed by atoms with Crippen molar-refractivity contribution in [3.8, 4) is 0 Å². The van der Waals surface area contributed by atoms with Crippen LogP contribution in [0.15, 0.2) is 18.2 Å². The van der Waals surface area contributed by atoms with Crippen LogP contribution >= 0.6 is 11.6 Å². The van der Waals surface area contributed by atoms with E-state index in [2.05, 4.69) is 0 Å². The van der Waals surface area contributed by atoms with Crippen LogP contribution < -0.4 is 0 Å². The van der Waals surface area contributed by atoms with Crippen LogP contribution in [0.2, 0.25) is 5.02 Å². The van der Waals surface area contributed by atoms with Crippen LogP contribution in [0, 0.1) is 0 Å². The van der Waals surface area contributed by atoms with Gasteiger partial charge >= 0.3 is 0 Å². The molecule has 0 aromatic heterocycles. The quantitative estimate of drug-likeness (QED) is 0.821. The molecule has 1 aliphatic rings. The summed E-state index contributed by atoms with van der Waals surface area (Å²) in [5.41, 5.74) is -1.30. The van der Waals surface area contributed by atoms with Crippen molar-refractivity contribution in [1.29, 1.82) is 0 Å². The lowest BCUT2D eigenvalue weighted by Gasteiger charge is -2.23. The first-order valence-corrected chi connectivity index (χ1v) is 5.43. The van der Waals surface area contributed by atoms with E-state index in [0.29, 0.717) is 29.0 Å². The Bertz CT molecular complexity index is 391. The van der Waals surface area contributed by atoms with Crippen molar-refractivity contribution in [2.24, 2.45) is 0 Å². The number of aliphatic hydroxyl groups is 1. The van der Waals surface area contributed by atoms with Crippen LogP contribution in [0.25, 0.3) is 0 Å². The molecule has 0 atom stereocenters. The molecule has 0 radical (unpaired) electrons. The minimum atomic E-state index is -1.52. The molecule has 82 valence electrons. The molecule has 1 nitrogen and oxygen atoms in total. The molecule has 0 heterocycles. The molecule has 1 aliphatic carbocycles. The van der Waals surface area contributed by atoms with Crippen molar-refractivity contribution >= 4 is 11.6 Å². The van der Waals surface area contributed by atoms with Gasteiger partial charge in [-0.05, 0) is 38.3 Å². The predicted molar refractivity (Wildman–Crippen MR) is 58.7 cm³/mol. The van der Waals surface area contributed by atoms with E-state index in [1.807, 2.05) is 0 Å². The monoisotopic (exact) mass is 228 g/mol. The van der Waals surface area contributed by atoms with Crippen molar-refractivity contribution in [1.82, 2.24) is 0 Å². The molecular formula is C12H14ClFO. The van der Waals surface area contributed by atoms with Crippen molar-refractivity contribution in [2.75, 3.05) is 0 Å². The third-order valence-electron chi connectivity index (χ3n) is 2.83. The lowest BCUT2D eigenvalue weighted by Crippen LogP contribution is -2.18. The van der Waals surface area contributed by atoms with Crippen LogP contribution in [-0.2, 0) is 11.3 Å². The van der Waals surface area contributed by atoms with E-state index >= 15 is 0 Å². The highest BCUT2D eigenvalue weighted by Crippen LogP contribution is 2.50. The lowest BCUT2D eigenvalue weighted by molar-refractivity contribution is 0.141. The van der Waals surface area contributed by atoms with Crippen LogP contribution in [0.4, 0.5) is 4.39 Å². The standard InChI is InChI=1S/C12H14ClFO/c1-11(2,14)10-8(12(15)6-7-12)4-3-5-9(10)13/h3-5,15H,6-7H2,1-2H3. The SMILES string of the molecule is CC(C)(F)c1c(Cl)cccc1C1(O)CC1. The first kappa shape index (κ1) is 10.9. The minimum absolute atomic E-state index is 0.389. The maximum absolute atomic E-state index is 14.0. The van der Waals surface area contributed by atoms with Crippen LogP contribution in [-0.4, -0.2) is 5.11 Å². The van der Waals surface area contributed by atoms with Gasteiger partial charge in [0.2, 0.25) is 0 Å². The van der Waals surface area contributed by atoms with E-state index in [9.17, 15) is 9.50 Å². The molecule has 0 unspecified atom stereocenters. The van der Waals surface area contributed by atoms with Crippen LogP contribution in [0.1, 0.15) is 37.8 Å². The Labute approximate surface area is 93.9 Å². The zero-order valence-electron chi connectivity index (χ0n) is 8.85. The Morgan fingerprint density at radius 2 is 2.00 bits per heavy atom. The second-order valence-electron chi connectivity index (χ2n) is 4.67. The molecule has 0 spiro atoms. The third-order valence-corrected chi connectivity index (χ3v) is 3.15. The molecule has 0 saturated heterocycles. The Balaban J connectivity index is 2.60. The summed E-state index contributed by atoms with van der Waals surface area (Å²) in [7, 11) is 0. The van der Waals surface area contributed by atoms with Gasteiger partial charge in [-0.3, -0.25) is 0 Å². The summed E-state index contributed by atoms with van der Waals surface area (Å²) >= 11 is 6.00. The lowest BCUT2D eigenvalue weighted by atomic mass is 9.90. The summed E-state index contributed by atoms with van der Waals surface area (Å²) in [6, 6.07) is 5.17. The van der Waals surface area contributed by atoms with Crippen LogP contribution in [0.3, 0.4) is 0 Å². The molecule has 0 bridgehead atoms. The summed E-state index contributed by atoms with van der Waals surface area (Å²) in [6.45, 7) is 2.92. The van der Waals surface area contributed by atoms with Gasteiger partial charge in [0.15, 0.2) is 0 Å². The molecule has 0 amide bonds. The fourth-order valence-electron chi connectivity index (χ4n) is 1.90. The average molecular weight is 229 g/mol. The van der Waals surface area contributed by atoms with Gasteiger partial charge in [0, 0.05) is 10.6 Å². The molecule has 1 fully saturated rings. The zero-order chi connectivity index (χ0) is 11.3. The number of halogens is 2. The van der Waals surface area contributed by atoms with E-state index in [1.165, 1.54) is 13.8 Å². The number of benzene rings is 1. The highest BCUT2D eigenvalue weighted by Gasteiger charge is 2.46. The number of hydrogen-bond donors (Lipinski definition) is 1. The highest BCUT2D eigenvalue weighted by molar-refractivity contribution is 6.31. The third kappa shape index (κ3) is 1.88. The number of alkyl halides is 1. The normalized spacial score (nSPS) is 19.0. The van der Waals surface area contributed by atoms with E-state index < -0.39 is 11.3 Å². The second-order valence-corrected chi connectivity index (χ2v) is 5.07. The Morgan fingerprint density at radius 3 is 2.47 bits per heavy atom. The Morgan fingerprint density at radius 1 is 1.40 bits per heavy atom. The topological polar surface area (TPSA) is 20.2 Å². The minimum Gasteiger partial charge on any atom is -0.385 e. The fraction of sp³-hybridized carbons (Fsp3) is 0.500. The summed E-state index contributed by atoms with van der Waals surface area (Å²) < 4.78 is 14.0. The van der Waals surface area contributed by atoms with Gasteiger partial charge in [-0.25, -0.2) is 4.39 Å². The van der Waals surface area contributed by atoms with Crippen molar-refractivity contribution in [3.05, 3.63) is 34.3 Å². The summed E-state index contributed by atoms with van der Waals surface area (Å²) in [5.74, 6) is 0. The average Bonchev–Trinajstić information content (AvgIpc) is 2.82. The fourth-order valence-corrected chi connectivity index (χ4v) is 2.30. The maximum Gasteiger partial charge on any atom is 0.132 e. The molecule has 1 saturated carbocycles. The van der Waals surface area contributed by atoms with E-state index in [-0.39, 0.29) is 0 Å². The van der Waals surface area contributed by atoms with Gasteiger partial charge in [-0.15, -0.1) is 0 Å². The summed E-state index contributed by atoms with van der Waals surface area (Å²) in [6.07, 6.45) is 1.38. The molecular weight excluding hydrogens is 215 g/mol. The summed E-state index contributed by atoms with van der Waals surface area (Å²) in [5, 5.41) is 10.4. The van der Waals surface area contributed by atoms with Crippen molar-refractivity contribution < 1.29 is 9.50 Å². The van der Waals surface area contributed by atoms with Crippen LogP contribution in [0.5, 0.6) is 0 Å². The van der Waals surface area contributed by atoms with Gasteiger partial charge in [0.25, 0.3) is 0 Å². The van der Waals surface area contributed by atoms with Gasteiger partial charge < -0.3 is 5.11 Å². The smallest absolute Gasteiger partial charge is 0.132 e. The van der Waals surface area contributed by atoms with Gasteiger partial charge in [0.1, 0.15) is 5.67 Å². The molecule has 1 N–H and O–H groups in total. The zero-order valence-corrected chi connectivity index (χ0v) is 9.61. The Kier molecular flexibility index (Phi) is 2.32. The molecule has 15 heavy (non-hydrogen) atoms. The molecule has 1 aromatic rings. The molecule has 0 aliphatic heterocycles. The second kappa shape index (κ2) is 3.19. The molecule has 3 heteroatoms. The molecule has 1 aromatic carbocycles. The summed E-state index contributed by atoms with van der Waals surface area (Å²) in [4.78, 5) is 0. The van der Waals surface area contributed by atoms with Gasteiger partial charge in [-0.2, -0.15) is 0 Å². The van der Waals surface area contributed by atoms with E-state index in [4.69, 9.17) is 11.6 Å². The first-order valence-electron chi connectivity index (χ1n) is 5.05. The Hall–Kier alpha value is -0.600. The van der Waals surface area contributed by atoms with Crippen molar-refractivity contribution in [3.63, 3.8) is 0 Å². The van der Waals surface area contributed by atoms with E-state index in [1.54, 1.807) is 18.2 Å². The number of hydrogen-bond acceptors (Lipinski definition) is 1. The van der Waals surface area contributed by atoms with Crippen molar-refractivity contribution in [2.45, 2.75) is 38.0 Å². The number of rotatable bonds is 2. The largest absolute Gasteiger partial charge is 0.385 e. The first-order chi connectivity index (χ1) is 6.84. The van der Waals surface area contributed by atoms with E-state index in [0.717, 1.165) is 0 Å². The highest BCUT2D eigenvalue weighted by atomic mass is 35.5. The van der Waals surface area contributed by atoms with Gasteiger partial charge in [0.05, 0.1) is 5.60 Å². The van der Waals surface area contributed by atoms with Gasteiger partial charge in [-0.1, -0.05) is 23.7 Å².